The van der Waals surface area contributed by atoms with Crippen molar-refractivity contribution in [2.45, 2.75) is 37.5 Å². The Labute approximate surface area is 83.9 Å². The van der Waals surface area contributed by atoms with Crippen molar-refractivity contribution < 1.29 is 4.42 Å². The molecule has 3 heteroatoms. The van der Waals surface area contributed by atoms with E-state index in [2.05, 4.69) is 10.3 Å². The van der Waals surface area contributed by atoms with Gasteiger partial charge >= 0.3 is 0 Å². The Hall–Kier alpha value is -0.830. The highest BCUT2D eigenvalue weighted by molar-refractivity contribution is 5.08. The molecule has 1 saturated heterocycles. The molecule has 1 unspecified atom stereocenters. The maximum atomic E-state index is 5.82. The molecule has 0 aromatic carbocycles. The highest BCUT2D eigenvalue weighted by Crippen LogP contribution is 2.37. The Morgan fingerprint density at radius 1 is 1.29 bits per heavy atom. The standard InChI is InChI=1S/C11H16N2O/c1-2-8(3-1)10-7-13-11(14-10)9-4-5-12-6-9/h7-9,12H,1-6H2. The van der Waals surface area contributed by atoms with Gasteiger partial charge in [0, 0.05) is 18.4 Å². The summed E-state index contributed by atoms with van der Waals surface area (Å²) in [5.74, 6) is 3.27. The fourth-order valence-electron chi connectivity index (χ4n) is 2.24. The van der Waals surface area contributed by atoms with Crippen LogP contribution in [0.5, 0.6) is 0 Å². The molecule has 0 spiro atoms. The average molecular weight is 192 g/mol. The van der Waals surface area contributed by atoms with Crippen molar-refractivity contribution in [3.05, 3.63) is 17.8 Å². The molecule has 1 aliphatic heterocycles. The van der Waals surface area contributed by atoms with Crippen molar-refractivity contribution in [3.8, 4) is 0 Å². The van der Waals surface area contributed by atoms with Gasteiger partial charge in [0.2, 0.25) is 0 Å². The Morgan fingerprint density at radius 2 is 2.21 bits per heavy atom. The van der Waals surface area contributed by atoms with E-state index in [9.17, 15) is 0 Å². The third-order valence-electron chi connectivity index (χ3n) is 3.46. The second-order valence-electron chi connectivity index (χ2n) is 4.42. The zero-order valence-electron chi connectivity index (χ0n) is 8.33. The van der Waals surface area contributed by atoms with Crippen molar-refractivity contribution in [2.24, 2.45) is 0 Å². The van der Waals surface area contributed by atoms with Crippen molar-refractivity contribution >= 4 is 0 Å². The number of nitrogens with one attached hydrogen (secondary N) is 1. The van der Waals surface area contributed by atoms with E-state index in [0.29, 0.717) is 11.8 Å². The van der Waals surface area contributed by atoms with E-state index >= 15 is 0 Å². The van der Waals surface area contributed by atoms with E-state index in [0.717, 1.165) is 24.7 Å². The Bertz CT molecular complexity index is 311. The summed E-state index contributed by atoms with van der Waals surface area (Å²) in [5.41, 5.74) is 0. The van der Waals surface area contributed by atoms with Crippen molar-refractivity contribution in [3.63, 3.8) is 0 Å². The van der Waals surface area contributed by atoms with Gasteiger partial charge in [-0.1, -0.05) is 6.42 Å². The minimum absolute atomic E-state index is 0.517. The summed E-state index contributed by atoms with van der Waals surface area (Å²) in [5, 5.41) is 3.34. The van der Waals surface area contributed by atoms with Crippen LogP contribution in [0.15, 0.2) is 10.6 Å². The van der Waals surface area contributed by atoms with Gasteiger partial charge in [-0.05, 0) is 25.8 Å². The second kappa shape index (κ2) is 3.39. The number of oxazole rings is 1. The van der Waals surface area contributed by atoms with E-state index in [1.54, 1.807) is 0 Å². The predicted molar refractivity (Wildman–Crippen MR) is 53.3 cm³/mol. The second-order valence-corrected chi connectivity index (χ2v) is 4.42. The third kappa shape index (κ3) is 1.36. The normalized spacial score (nSPS) is 27.9. The van der Waals surface area contributed by atoms with E-state index < -0.39 is 0 Å². The van der Waals surface area contributed by atoms with Gasteiger partial charge in [0.05, 0.1) is 6.20 Å². The summed E-state index contributed by atoms with van der Waals surface area (Å²) in [7, 11) is 0. The van der Waals surface area contributed by atoms with Crippen LogP contribution in [0.1, 0.15) is 49.2 Å². The molecule has 0 amide bonds. The molecule has 14 heavy (non-hydrogen) atoms. The molecule has 0 radical (unpaired) electrons. The molecule has 1 aromatic rings. The molecule has 0 bridgehead atoms. The van der Waals surface area contributed by atoms with Gasteiger partial charge in [-0.2, -0.15) is 0 Å². The number of nitrogens with zero attached hydrogens (tertiary/aromatic N) is 1. The van der Waals surface area contributed by atoms with Gasteiger partial charge in [-0.25, -0.2) is 4.98 Å². The molecule has 2 aliphatic rings. The molecule has 1 aliphatic carbocycles. The number of hydrogen-bond donors (Lipinski definition) is 1. The van der Waals surface area contributed by atoms with Crippen LogP contribution < -0.4 is 5.32 Å². The van der Waals surface area contributed by atoms with E-state index in [1.165, 1.54) is 25.7 Å². The van der Waals surface area contributed by atoms with Gasteiger partial charge in [-0.3, -0.25) is 0 Å². The fourth-order valence-corrected chi connectivity index (χ4v) is 2.24. The fraction of sp³-hybridized carbons (Fsp3) is 0.727. The quantitative estimate of drug-likeness (QED) is 0.779. The smallest absolute Gasteiger partial charge is 0.198 e. The molecule has 1 saturated carbocycles. The van der Waals surface area contributed by atoms with E-state index in [1.807, 2.05) is 6.20 Å². The van der Waals surface area contributed by atoms with Gasteiger partial charge in [0.1, 0.15) is 5.76 Å². The lowest BCUT2D eigenvalue weighted by molar-refractivity contribution is 0.327. The van der Waals surface area contributed by atoms with Gasteiger partial charge < -0.3 is 9.73 Å². The lowest BCUT2D eigenvalue weighted by Gasteiger charge is -2.22. The molecule has 3 rings (SSSR count). The molecule has 3 nitrogen and oxygen atoms in total. The highest BCUT2D eigenvalue weighted by Gasteiger charge is 2.26. The third-order valence-corrected chi connectivity index (χ3v) is 3.46. The maximum Gasteiger partial charge on any atom is 0.198 e. The summed E-state index contributed by atoms with van der Waals surface area (Å²) in [6.45, 7) is 2.14. The molecular formula is C11H16N2O. The van der Waals surface area contributed by atoms with Crippen LogP contribution in [-0.4, -0.2) is 18.1 Å². The molecular weight excluding hydrogens is 176 g/mol. The first kappa shape index (κ1) is 8.48. The number of rotatable bonds is 2. The number of hydrogen-bond acceptors (Lipinski definition) is 3. The molecule has 2 heterocycles. The summed E-state index contributed by atoms with van der Waals surface area (Å²) >= 11 is 0. The first-order valence-electron chi connectivity index (χ1n) is 5.60. The van der Waals surface area contributed by atoms with Crippen molar-refractivity contribution in [1.29, 1.82) is 0 Å². The Balaban J connectivity index is 1.75. The zero-order valence-corrected chi connectivity index (χ0v) is 8.33. The lowest BCUT2D eigenvalue weighted by Crippen LogP contribution is -2.08. The van der Waals surface area contributed by atoms with E-state index in [-0.39, 0.29) is 0 Å². The van der Waals surface area contributed by atoms with Crippen LogP contribution in [0.4, 0.5) is 0 Å². The molecule has 1 aromatic heterocycles. The van der Waals surface area contributed by atoms with E-state index in [4.69, 9.17) is 4.42 Å². The molecule has 76 valence electrons. The minimum atomic E-state index is 0.517. The Morgan fingerprint density at radius 3 is 2.86 bits per heavy atom. The summed E-state index contributed by atoms with van der Waals surface area (Å²) in [6, 6.07) is 0. The van der Waals surface area contributed by atoms with Crippen LogP contribution >= 0.6 is 0 Å². The van der Waals surface area contributed by atoms with Crippen LogP contribution in [-0.2, 0) is 0 Å². The monoisotopic (exact) mass is 192 g/mol. The topological polar surface area (TPSA) is 38.1 Å². The molecule has 1 N–H and O–H groups in total. The highest BCUT2D eigenvalue weighted by atomic mass is 16.4. The largest absolute Gasteiger partial charge is 0.445 e. The van der Waals surface area contributed by atoms with Crippen LogP contribution in [0.25, 0.3) is 0 Å². The van der Waals surface area contributed by atoms with Crippen molar-refractivity contribution in [2.75, 3.05) is 13.1 Å². The minimum Gasteiger partial charge on any atom is -0.445 e. The maximum absolute atomic E-state index is 5.82. The zero-order chi connectivity index (χ0) is 9.38. The summed E-state index contributed by atoms with van der Waals surface area (Å²) < 4.78 is 5.82. The van der Waals surface area contributed by atoms with Crippen LogP contribution in [0.2, 0.25) is 0 Å². The average Bonchev–Trinajstić information content (AvgIpc) is 2.65. The first-order valence-corrected chi connectivity index (χ1v) is 5.60. The first-order chi connectivity index (χ1) is 6.93. The lowest BCUT2D eigenvalue weighted by atomic mass is 9.84. The van der Waals surface area contributed by atoms with Crippen molar-refractivity contribution in [1.82, 2.24) is 10.3 Å². The predicted octanol–water partition coefficient (Wildman–Crippen LogP) is 2.02. The van der Waals surface area contributed by atoms with Crippen LogP contribution in [0.3, 0.4) is 0 Å². The van der Waals surface area contributed by atoms with Gasteiger partial charge in [-0.15, -0.1) is 0 Å². The molecule has 1 atom stereocenters. The number of aromatic nitrogens is 1. The SMILES string of the molecule is c1nc(C2CCNC2)oc1C1CCC1. The molecule has 2 fully saturated rings. The van der Waals surface area contributed by atoms with Gasteiger partial charge in [0.15, 0.2) is 5.89 Å². The Kier molecular flexibility index (Phi) is 2.05. The summed E-state index contributed by atoms with van der Waals surface area (Å²) in [6.07, 6.45) is 7.04. The van der Waals surface area contributed by atoms with Crippen LogP contribution in [0, 0.1) is 0 Å². The van der Waals surface area contributed by atoms with Gasteiger partial charge in [0.25, 0.3) is 0 Å². The summed E-state index contributed by atoms with van der Waals surface area (Å²) in [4.78, 5) is 4.39.